The molecule has 0 amide bonds. The predicted octanol–water partition coefficient (Wildman–Crippen LogP) is 2.91. The smallest absolute Gasteiger partial charge is 0.189 e. The Labute approximate surface area is 101 Å². The lowest BCUT2D eigenvalue weighted by Gasteiger charge is -2.29. The standard InChI is InChI=1S/C13H29N3/c1-7-13(8-2,9-3)10-15-11(14)16-12(4,5)6/h7-10H2,1-6H3,(H3,14,15,16). The minimum Gasteiger partial charge on any atom is -0.370 e. The van der Waals surface area contributed by atoms with Crippen LogP contribution in [-0.4, -0.2) is 18.0 Å². The molecule has 3 N–H and O–H groups in total. The van der Waals surface area contributed by atoms with Gasteiger partial charge in [0.2, 0.25) is 0 Å². The van der Waals surface area contributed by atoms with E-state index in [-0.39, 0.29) is 5.54 Å². The average molecular weight is 227 g/mol. The van der Waals surface area contributed by atoms with Crippen molar-refractivity contribution in [3.63, 3.8) is 0 Å². The van der Waals surface area contributed by atoms with Crippen molar-refractivity contribution in [2.24, 2.45) is 16.1 Å². The van der Waals surface area contributed by atoms with Gasteiger partial charge in [-0.1, -0.05) is 20.8 Å². The Bertz CT molecular complexity index is 214. The molecule has 0 saturated carbocycles. The maximum Gasteiger partial charge on any atom is 0.189 e. The summed E-state index contributed by atoms with van der Waals surface area (Å²) in [5.74, 6) is 0.562. The molecule has 0 aromatic carbocycles. The summed E-state index contributed by atoms with van der Waals surface area (Å²) in [4.78, 5) is 4.48. The lowest BCUT2D eigenvalue weighted by molar-refractivity contribution is 0.262. The van der Waals surface area contributed by atoms with Gasteiger partial charge >= 0.3 is 0 Å². The van der Waals surface area contributed by atoms with E-state index in [4.69, 9.17) is 5.73 Å². The SMILES string of the molecule is CCC(CC)(CC)CN=C(N)NC(C)(C)C. The molecule has 3 nitrogen and oxygen atoms in total. The molecule has 0 aliphatic carbocycles. The third kappa shape index (κ3) is 5.38. The Kier molecular flexibility index (Phi) is 5.84. The lowest BCUT2D eigenvalue weighted by atomic mass is 9.80. The monoisotopic (exact) mass is 227 g/mol. The van der Waals surface area contributed by atoms with Crippen LogP contribution in [0, 0.1) is 5.41 Å². The fourth-order valence-electron chi connectivity index (χ4n) is 1.76. The summed E-state index contributed by atoms with van der Waals surface area (Å²) in [6.45, 7) is 13.8. The molecule has 0 aliphatic rings. The highest BCUT2D eigenvalue weighted by Crippen LogP contribution is 2.30. The lowest BCUT2D eigenvalue weighted by Crippen LogP contribution is -2.45. The van der Waals surface area contributed by atoms with Gasteiger partial charge in [0.15, 0.2) is 5.96 Å². The van der Waals surface area contributed by atoms with Crippen LogP contribution < -0.4 is 11.1 Å². The van der Waals surface area contributed by atoms with Gasteiger partial charge in [-0.2, -0.15) is 0 Å². The van der Waals surface area contributed by atoms with Gasteiger partial charge < -0.3 is 11.1 Å². The van der Waals surface area contributed by atoms with Crippen molar-refractivity contribution < 1.29 is 0 Å². The second kappa shape index (κ2) is 6.12. The molecule has 0 atom stereocenters. The van der Waals surface area contributed by atoms with Gasteiger partial charge in [-0.15, -0.1) is 0 Å². The van der Waals surface area contributed by atoms with Crippen LogP contribution in [0.5, 0.6) is 0 Å². The Morgan fingerprint density at radius 2 is 1.50 bits per heavy atom. The minimum absolute atomic E-state index is 0.0130. The van der Waals surface area contributed by atoms with Crippen LogP contribution in [0.4, 0.5) is 0 Å². The highest BCUT2D eigenvalue weighted by Gasteiger charge is 2.23. The number of rotatable bonds is 5. The quantitative estimate of drug-likeness (QED) is 0.560. The van der Waals surface area contributed by atoms with Gasteiger partial charge in [-0.25, -0.2) is 0 Å². The zero-order chi connectivity index (χ0) is 12.8. The molecule has 0 spiro atoms. The number of aliphatic imine (C=N–C) groups is 1. The van der Waals surface area contributed by atoms with E-state index in [9.17, 15) is 0 Å². The molecule has 96 valence electrons. The second-order valence-corrected chi connectivity index (χ2v) is 5.64. The van der Waals surface area contributed by atoms with Gasteiger partial charge in [-0.05, 0) is 45.4 Å². The summed E-state index contributed by atoms with van der Waals surface area (Å²) in [5.41, 5.74) is 6.18. The Balaban J connectivity index is 4.44. The maximum absolute atomic E-state index is 5.87. The molecule has 0 aromatic rings. The van der Waals surface area contributed by atoms with Crippen molar-refractivity contribution in [1.82, 2.24) is 5.32 Å². The maximum atomic E-state index is 5.87. The molecule has 0 heterocycles. The van der Waals surface area contributed by atoms with Gasteiger partial charge in [0, 0.05) is 12.1 Å². The number of nitrogens with zero attached hydrogens (tertiary/aromatic N) is 1. The summed E-state index contributed by atoms with van der Waals surface area (Å²) in [5, 5.41) is 3.19. The Morgan fingerprint density at radius 1 is 1.06 bits per heavy atom. The molecule has 0 unspecified atom stereocenters. The predicted molar refractivity (Wildman–Crippen MR) is 72.7 cm³/mol. The molecule has 0 bridgehead atoms. The number of nitrogens with one attached hydrogen (secondary N) is 1. The first-order valence-electron chi connectivity index (χ1n) is 6.36. The van der Waals surface area contributed by atoms with Crippen LogP contribution in [0.25, 0.3) is 0 Å². The first kappa shape index (κ1) is 15.3. The number of guanidine groups is 1. The number of hydrogen-bond donors (Lipinski definition) is 2. The average Bonchev–Trinajstić information content (AvgIpc) is 2.18. The highest BCUT2D eigenvalue weighted by atomic mass is 15.1. The van der Waals surface area contributed by atoms with E-state index in [1.807, 2.05) is 0 Å². The molecule has 0 aromatic heterocycles. The van der Waals surface area contributed by atoms with Crippen molar-refractivity contribution in [2.45, 2.75) is 66.3 Å². The third-order valence-corrected chi connectivity index (χ3v) is 3.34. The van der Waals surface area contributed by atoms with Crippen molar-refractivity contribution in [3.8, 4) is 0 Å². The van der Waals surface area contributed by atoms with E-state index < -0.39 is 0 Å². The molecule has 0 rings (SSSR count). The van der Waals surface area contributed by atoms with E-state index in [1.54, 1.807) is 0 Å². The fraction of sp³-hybridized carbons (Fsp3) is 0.923. The second-order valence-electron chi connectivity index (χ2n) is 5.64. The van der Waals surface area contributed by atoms with E-state index in [1.165, 1.54) is 0 Å². The van der Waals surface area contributed by atoms with Crippen molar-refractivity contribution in [1.29, 1.82) is 0 Å². The van der Waals surface area contributed by atoms with Crippen LogP contribution in [0.2, 0.25) is 0 Å². The van der Waals surface area contributed by atoms with Gasteiger partial charge in [0.25, 0.3) is 0 Å². The van der Waals surface area contributed by atoms with Crippen LogP contribution in [0.3, 0.4) is 0 Å². The molecule has 0 radical (unpaired) electrons. The normalized spacial score (nSPS) is 14.0. The molecule has 0 saturated heterocycles. The van der Waals surface area contributed by atoms with Crippen LogP contribution in [-0.2, 0) is 0 Å². The highest BCUT2D eigenvalue weighted by molar-refractivity contribution is 5.78. The molecule has 16 heavy (non-hydrogen) atoms. The molecular formula is C13H29N3. The Morgan fingerprint density at radius 3 is 1.81 bits per heavy atom. The molecular weight excluding hydrogens is 198 g/mol. The van der Waals surface area contributed by atoms with Crippen LogP contribution in [0.1, 0.15) is 60.8 Å². The van der Waals surface area contributed by atoms with Gasteiger partial charge in [-0.3, -0.25) is 4.99 Å². The third-order valence-electron chi connectivity index (χ3n) is 3.34. The molecule has 0 fully saturated rings. The van der Waals surface area contributed by atoms with Crippen molar-refractivity contribution >= 4 is 5.96 Å². The zero-order valence-corrected chi connectivity index (χ0v) is 11.9. The number of hydrogen-bond acceptors (Lipinski definition) is 1. The van der Waals surface area contributed by atoms with Crippen molar-refractivity contribution in [3.05, 3.63) is 0 Å². The van der Waals surface area contributed by atoms with Crippen LogP contribution in [0.15, 0.2) is 4.99 Å². The topological polar surface area (TPSA) is 50.4 Å². The van der Waals surface area contributed by atoms with Crippen molar-refractivity contribution in [2.75, 3.05) is 6.54 Å². The first-order chi connectivity index (χ1) is 7.28. The summed E-state index contributed by atoms with van der Waals surface area (Å²) < 4.78 is 0. The van der Waals surface area contributed by atoms with E-state index in [0.29, 0.717) is 11.4 Å². The van der Waals surface area contributed by atoms with Gasteiger partial charge in [0.05, 0.1) is 0 Å². The summed E-state index contributed by atoms with van der Waals surface area (Å²) >= 11 is 0. The van der Waals surface area contributed by atoms with Gasteiger partial charge in [0.1, 0.15) is 0 Å². The largest absolute Gasteiger partial charge is 0.370 e. The minimum atomic E-state index is -0.0130. The summed E-state index contributed by atoms with van der Waals surface area (Å²) in [7, 11) is 0. The van der Waals surface area contributed by atoms with E-state index >= 15 is 0 Å². The molecule has 0 aliphatic heterocycles. The first-order valence-corrected chi connectivity index (χ1v) is 6.36. The summed E-state index contributed by atoms with van der Waals surface area (Å²) in [6.07, 6.45) is 3.48. The van der Waals surface area contributed by atoms with E-state index in [0.717, 1.165) is 25.8 Å². The zero-order valence-electron chi connectivity index (χ0n) is 11.9. The van der Waals surface area contributed by atoms with E-state index in [2.05, 4.69) is 51.9 Å². The summed E-state index contributed by atoms with van der Waals surface area (Å²) in [6, 6.07) is 0. The number of nitrogens with two attached hydrogens (primary N) is 1. The Hall–Kier alpha value is -0.730. The van der Waals surface area contributed by atoms with Crippen LogP contribution >= 0.6 is 0 Å². The molecule has 3 heteroatoms. The fourth-order valence-corrected chi connectivity index (χ4v) is 1.76.